The van der Waals surface area contributed by atoms with Gasteiger partial charge in [0.2, 0.25) is 0 Å². The predicted molar refractivity (Wildman–Crippen MR) is 104 cm³/mol. The summed E-state index contributed by atoms with van der Waals surface area (Å²) in [6, 6.07) is 10.3. The molecule has 1 fully saturated rings. The molecule has 2 aromatic rings. The molecule has 0 heterocycles. The fourth-order valence-electron chi connectivity index (χ4n) is 3.27. The van der Waals surface area contributed by atoms with Crippen LogP contribution in [0.15, 0.2) is 30.3 Å². The Kier molecular flexibility index (Phi) is 5.65. The van der Waals surface area contributed by atoms with E-state index in [1.165, 1.54) is 29.5 Å². The van der Waals surface area contributed by atoms with Gasteiger partial charge in [0, 0.05) is 12.0 Å². The van der Waals surface area contributed by atoms with Crippen LogP contribution in [0.25, 0.3) is 0 Å². The molecule has 3 heteroatoms. The van der Waals surface area contributed by atoms with Crippen molar-refractivity contribution in [2.75, 3.05) is 0 Å². The lowest BCUT2D eigenvalue weighted by molar-refractivity contribution is -0.134. The summed E-state index contributed by atoms with van der Waals surface area (Å²) in [6.45, 7) is 8.57. The van der Waals surface area contributed by atoms with E-state index in [2.05, 4.69) is 26.0 Å². The van der Waals surface area contributed by atoms with Crippen LogP contribution in [0.5, 0.6) is 11.5 Å². The summed E-state index contributed by atoms with van der Waals surface area (Å²) in [4.78, 5) is 11.7. The van der Waals surface area contributed by atoms with E-state index in [1.807, 2.05) is 25.1 Å². The zero-order valence-corrected chi connectivity index (χ0v) is 16.2. The smallest absolute Gasteiger partial charge is 0.310 e. The molecule has 138 valence electrons. The molecule has 2 aromatic carbocycles. The maximum atomic E-state index is 11.7. The Bertz CT molecular complexity index is 803. The summed E-state index contributed by atoms with van der Waals surface area (Å²) in [5.74, 6) is 1.98. The van der Waals surface area contributed by atoms with Gasteiger partial charge in [-0.05, 0) is 73.4 Å². The fraction of sp³-hybridized carbons (Fsp3) is 0.435. The number of benzene rings is 2. The average molecular weight is 352 g/mol. The Morgan fingerprint density at radius 3 is 2.50 bits per heavy atom. The molecule has 0 unspecified atom stereocenters. The van der Waals surface area contributed by atoms with Gasteiger partial charge in [0.05, 0.1) is 0 Å². The third-order valence-electron chi connectivity index (χ3n) is 5.12. The van der Waals surface area contributed by atoms with Crippen LogP contribution in [0.1, 0.15) is 66.8 Å². The van der Waals surface area contributed by atoms with E-state index in [-0.39, 0.29) is 5.97 Å². The molecule has 3 nitrogen and oxygen atoms in total. The second-order valence-corrected chi connectivity index (χ2v) is 7.11. The number of esters is 1. The number of carbonyl (C=O) groups is 1. The van der Waals surface area contributed by atoms with E-state index in [4.69, 9.17) is 9.47 Å². The van der Waals surface area contributed by atoms with Gasteiger partial charge < -0.3 is 9.47 Å². The topological polar surface area (TPSA) is 35.5 Å². The lowest BCUT2D eigenvalue weighted by Crippen LogP contribution is -2.10. The highest BCUT2D eigenvalue weighted by Crippen LogP contribution is 2.45. The first-order chi connectivity index (χ1) is 12.5. The number of aryl methyl sites for hydroxylation is 3. The molecule has 26 heavy (non-hydrogen) atoms. The second kappa shape index (κ2) is 7.94. The summed E-state index contributed by atoms with van der Waals surface area (Å²) in [6.07, 6.45) is 3.89. The number of carbonyl (C=O) groups excluding carboxylic acids is 1. The van der Waals surface area contributed by atoms with Gasteiger partial charge in [-0.1, -0.05) is 32.0 Å². The first-order valence-electron chi connectivity index (χ1n) is 9.58. The molecule has 1 saturated carbocycles. The van der Waals surface area contributed by atoms with Gasteiger partial charge in [-0.15, -0.1) is 0 Å². The van der Waals surface area contributed by atoms with E-state index in [0.717, 1.165) is 23.3 Å². The van der Waals surface area contributed by atoms with Gasteiger partial charge in [0.25, 0.3) is 0 Å². The molecule has 3 rings (SSSR count). The van der Waals surface area contributed by atoms with Crippen LogP contribution >= 0.6 is 0 Å². The van der Waals surface area contributed by atoms with Crippen molar-refractivity contribution in [3.05, 3.63) is 58.1 Å². The summed E-state index contributed by atoms with van der Waals surface area (Å²) in [5.41, 5.74) is 6.00. The standard InChI is InChI=1S/C23H28O3/c1-5-17-13-19(18-10-11-18)22(12-16(17)4)25-14-20-15(3)8-7-9-21(20)26-23(24)6-2/h7-9,12-13,18H,5-6,10-11,14H2,1-4H3. The molecule has 1 aliphatic rings. The minimum absolute atomic E-state index is 0.223. The highest BCUT2D eigenvalue weighted by Gasteiger charge is 2.27. The highest BCUT2D eigenvalue weighted by atomic mass is 16.5. The van der Waals surface area contributed by atoms with Crippen molar-refractivity contribution in [1.29, 1.82) is 0 Å². The molecule has 0 bridgehead atoms. The van der Waals surface area contributed by atoms with Gasteiger partial charge in [-0.3, -0.25) is 4.79 Å². The Morgan fingerprint density at radius 1 is 1.08 bits per heavy atom. The Hall–Kier alpha value is -2.29. The van der Waals surface area contributed by atoms with Gasteiger partial charge >= 0.3 is 5.97 Å². The number of hydrogen-bond donors (Lipinski definition) is 0. The monoisotopic (exact) mass is 352 g/mol. The van der Waals surface area contributed by atoms with Crippen LogP contribution < -0.4 is 9.47 Å². The van der Waals surface area contributed by atoms with Crippen LogP contribution in [0.4, 0.5) is 0 Å². The molecule has 0 aliphatic heterocycles. The third-order valence-corrected chi connectivity index (χ3v) is 5.12. The maximum absolute atomic E-state index is 11.7. The summed E-state index contributed by atoms with van der Waals surface area (Å²) < 4.78 is 11.7. The van der Waals surface area contributed by atoms with Crippen molar-refractivity contribution in [2.45, 2.75) is 65.9 Å². The largest absolute Gasteiger partial charge is 0.488 e. The quantitative estimate of drug-likeness (QED) is 0.478. The van der Waals surface area contributed by atoms with Gasteiger partial charge in [-0.2, -0.15) is 0 Å². The summed E-state index contributed by atoms with van der Waals surface area (Å²) in [5, 5.41) is 0. The second-order valence-electron chi connectivity index (χ2n) is 7.11. The highest BCUT2D eigenvalue weighted by molar-refractivity contribution is 5.72. The van der Waals surface area contributed by atoms with Crippen molar-refractivity contribution in [3.8, 4) is 11.5 Å². The molecule has 0 radical (unpaired) electrons. The molecule has 0 spiro atoms. The molecular weight excluding hydrogens is 324 g/mol. The lowest BCUT2D eigenvalue weighted by Gasteiger charge is -2.17. The van der Waals surface area contributed by atoms with Crippen LogP contribution in [0.2, 0.25) is 0 Å². The number of rotatable bonds is 7. The minimum atomic E-state index is -0.223. The SMILES string of the molecule is CCC(=O)Oc1cccc(C)c1COc1cc(C)c(CC)cc1C1CC1. The Balaban J connectivity index is 1.85. The summed E-state index contributed by atoms with van der Waals surface area (Å²) >= 11 is 0. The molecule has 0 N–H and O–H groups in total. The first kappa shape index (κ1) is 18.5. The minimum Gasteiger partial charge on any atom is -0.488 e. The molecule has 0 aromatic heterocycles. The Morgan fingerprint density at radius 2 is 1.85 bits per heavy atom. The van der Waals surface area contributed by atoms with Gasteiger partial charge in [-0.25, -0.2) is 0 Å². The van der Waals surface area contributed by atoms with Crippen molar-refractivity contribution in [1.82, 2.24) is 0 Å². The van der Waals surface area contributed by atoms with E-state index in [0.29, 0.717) is 24.7 Å². The first-order valence-corrected chi connectivity index (χ1v) is 9.58. The van der Waals surface area contributed by atoms with Crippen LogP contribution in [0, 0.1) is 13.8 Å². The zero-order valence-electron chi connectivity index (χ0n) is 16.2. The van der Waals surface area contributed by atoms with Crippen LogP contribution in [-0.2, 0) is 17.8 Å². The average Bonchev–Trinajstić information content (AvgIpc) is 3.46. The summed E-state index contributed by atoms with van der Waals surface area (Å²) in [7, 11) is 0. The molecule has 1 aliphatic carbocycles. The van der Waals surface area contributed by atoms with E-state index in [1.54, 1.807) is 6.92 Å². The van der Waals surface area contributed by atoms with Gasteiger partial charge in [0.1, 0.15) is 18.1 Å². The van der Waals surface area contributed by atoms with Crippen molar-refractivity contribution < 1.29 is 14.3 Å². The lowest BCUT2D eigenvalue weighted by atomic mass is 9.99. The van der Waals surface area contributed by atoms with E-state index < -0.39 is 0 Å². The Labute approximate surface area is 156 Å². The zero-order chi connectivity index (χ0) is 18.7. The molecule has 0 amide bonds. The third kappa shape index (κ3) is 4.09. The van der Waals surface area contributed by atoms with Crippen molar-refractivity contribution in [2.24, 2.45) is 0 Å². The van der Waals surface area contributed by atoms with Crippen LogP contribution in [-0.4, -0.2) is 5.97 Å². The molecule has 0 saturated heterocycles. The number of ether oxygens (including phenoxy) is 2. The predicted octanol–water partition coefficient (Wildman–Crippen LogP) is 5.64. The van der Waals surface area contributed by atoms with E-state index in [9.17, 15) is 4.79 Å². The van der Waals surface area contributed by atoms with Crippen molar-refractivity contribution in [3.63, 3.8) is 0 Å². The van der Waals surface area contributed by atoms with Crippen molar-refractivity contribution >= 4 is 5.97 Å². The molecular formula is C23H28O3. The number of hydrogen-bond acceptors (Lipinski definition) is 3. The van der Waals surface area contributed by atoms with E-state index >= 15 is 0 Å². The molecule has 0 atom stereocenters. The normalized spacial score (nSPS) is 13.5. The van der Waals surface area contributed by atoms with Crippen LogP contribution in [0.3, 0.4) is 0 Å². The maximum Gasteiger partial charge on any atom is 0.310 e. The fourth-order valence-corrected chi connectivity index (χ4v) is 3.27. The van der Waals surface area contributed by atoms with Gasteiger partial charge in [0.15, 0.2) is 0 Å².